The van der Waals surface area contributed by atoms with Crippen LogP contribution in [-0.4, -0.2) is 37.5 Å². The SMILES string of the molecule is CNC(=O)C1CCN(CCC(C)C)CC1. The summed E-state index contributed by atoms with van der Waals surface area (Å²) in [4.78, 5) is 13.9. The lowest BCUT2D eigenvalue weighted by molar-refractivity contribution is -0.125. The van der Waals surface area contributed by atoms with Crippen molar-refractivity contribution >= 4 is 5.91 Å². The third-order valence-electron chi connectivity index (χ3n) is 3.23. The summed E-state index contributed by atoms with van der Waals surface area (Å²) in [5.41, 5.74) is 0. The number of hydrogen-bond donors (Lipinski definition) is 1. The summed E-state index contributed by atoms with van der Waals surface area (Å²) in [6.45, 7) is 7.89. The number of amides is 1. The Bertz CT molecular complexity index is 196. The second-order valence-electron chi connectivity index (χ2n) is 4.91. The Morgan fingerprint density at radius 1 is 1.40 bits per heavy atom. The molecular weight excluding hydrogens is 188 g/mol. The van der Waals surface area contributed by atoms with Gasteiger partial charge in [0.2, 0.25) is 5.91 Å². The van der Waals surface area contributed by atoms with Gasteiger partial charge in [-0.3, -0.25) is 4.79 Å². The van der Waals surface area contributed by atoms with Crippen LogP contribution in [0.25, 0.3) is 0 Å². The average molecular weight is 212 g/mol. The molecule has 1 N–H and O–H groups in total. The maximum absolute atomic E-state index is 11.4. The Hall–Kier alpha value is -0.570. The average Bonchev–Trinajstić information content (AvgIpc) is 2.26. The Kier molecular flexibility index (Phi) is 5.09. The van der Waals surface area contributed by atoms with Crippen LogP contribution in [0.5, 0.6) is 0 Å². The number of nitrogens with zero attached hydrogens (tertiary/aromatic N) is 1. The summed E-state index contributed by atoms with van der Waals surface area (Å²) in [5, 5.41) is 2.74. The molecule has 0 spiro atoms. The van der Waals surface area contributed by atoms with Crippen molar-refractivity contribution < 1.29 is 4.79 Å². The van der Waals surface area contributed by atoms with Crippen LogP contribution >= 0.6 is 0 Å². The van der Waals surface area contributed by atoms with Crippen molar-refractivity contribution in [1.29, 1.82) is 0 Å². The van der Waals surface area contributed by atoms with E-state index in [1.807, 2.05) is 0 Å². The molecule has 0 unspecified atom stereocenters. The number of piperidine rings is 1. The van der Waals surface area contributed by atoms with Crippen LogP contribution in [0, 0.1) is 11.8 Å². The Morgan fingerprint density at radius 2 is 2.00 bits per heavy atom. The van der Waals surface area contributed by atoms with E-state index in [-0.39, 0.29) is 11.8 Å². The van der Waals surface area contributed by atoms with E-state index in [1.54, 1.807) is 7.05 Å². The largest absolute Gasteiger partial charge is 0.359 e. The molecule has 3 heteroatoms. The van der Waals surface area contributed by atoms with E-state index in [4.69, 9.17) is 0 Å². The molecule has 0 aromatic carbocycles. The van der Waals surface area contributed by atoms with Crippen molar-refractivity contribution in [2.24, 2.45) is 11.8 Å². The van der Waals surface area contributed by atoms with Gasteiger partial charge >= 0.3 is 0 Å². The van der Waals surface area contributed by atoms with E-state index in [0.29, 0.717) is 0 Å². The highest BCUT2D eigenvalue weighted by Gasteiger charge is 2.23. The van der Waals surface area contributed by atoms with Gasteiger partial charge < -0.3 is 10.2 Å². The molecule has 15 heavy (non-hydrogen) atoms. The van der Waals surface area contributed by atoms with Crippen LogP contribution in [0.4, 0.5) is 0 Å². The second kappa shape index (κ2) is 6.11. The molecule has 1 amide bonds. The summed E-state index contributed by atoms with van der Waals surface area (Å²) >= 11 is 0. The summed E-state index contributed by atoms with van der Waals surface area (Å²) in [5.74, 6) is 1.26. The highest BCUT2D eigenvalue weighted by atomic mass is 16.1. The minimum atomic E-state index is 0.221. The number of carbonyl (C=O) groups is 1. The summed E-state index contributed by atoms with van der Waals surface area (Å²) in [6.07, 6.45) is 3.32. The van der Waals surface area contributed by atoms with Gasteiger partial charge in [0.25, 0.3) is 0 Å². The maximum atomic E-state index is 11.4. The lowest BCUT2D eigenvalue weighted by Gasteiger charge is -2.31. The predicted octanol–water partition coefficient (Wildman–Crippen LogP) is 1.49. The zero-order valence-corrected chi connectivity index (χ0v) is 10.3. The Labute approximate surface area is 93.2 Å². The van der Waals surface area contributed by atoms with Gasteiger partial charge in [-0.05, 0) is 44.8 Å². The van der Waals surface area contributed by atoms with Gasteiger partial charge in [0.05, 0.1) is 0 Å². The monoisotopic (exact) mass is 212 g/mol. The third-order valence-corrected chi connectivity index (χ3v) is 3.23. The third kappa shape index (κ3) is 4.20. The van der Waals surface area contributed by atoms with Gasteiger partial charge in [0.1, 0.15) is 0 Å². The molecule has 0 radical (unpaired) electrons. The van der Waals surface area contributed by atoms with E-state index < -0.39 is 0 Å². The molecule has 0 saturated carbocycles. The number of carbonyl (C=O) groups excluding carboxylic acids is 1. The smallest absolute Gasteiger partial charge is 0.222 e. The van der Waals surface area contributed by atoms with Crippen LogP contribution < -0.4 is 5.32 Å². The molecule has 1 heterocycles. The van der Waals surface area contributed by atoms with E-state index >= 15 is 0 Å². The Balaban J connectivity index is 2.21. The molecular formula is C12H24N2O. The first-order chi connectivity index (χ1) is 7.13. The van der Waals surface area contributed by atoms with Crippen LogP contribution in [0.2, 0.25) is 0 Å². The molecule has 1 rings (SSSR count). The zero-order valence-electron chi connectivity index (χ0n) is 10.3. The molecule has 1 aliphatic rings. The number of rotatable bonds is 4. The summed E-state index contributed by atoms with van der Waals surface area (Å²) in [6, 6.07) is 0. The predicted molar refractivity (Wildman–Crippen MR) is 62.7 cm³/mol. The Morgan fingerprint density at radius 3 is 2.47 bits per heavy atom. The minimum Gasteiger partial charge on any atom is -0.359 e. The van der Waals surface area contributed by atoms with Gasteiger partial charge in [-0.25, -0.2) is 0 Å². The second-order valence-corrected chi connectivity index (χ2v) is 4.91. The van der Waals surface area contributed by atoms with Gasteiger partial charge in [-0.1, -0.05) is 13.8 Å². The van der Waals surface area contributed by atoms with Crippen LogP contribution in [0.1, 0.15) is 33.1 Å². The van der Waals surface area contributed by atoms with E-state index in [9.17, 15) is 4.79 Å². The standard InChI is InChI=1S/C12H24N2O/c1-10(2)4-7-14-8-5-11(6-9-14)12(15)13-3/h10-11H,4-9H2,1-3H3,(H,13,15). The summed E-state index contributed by atoms with van der Waals surface area (Å²) in [7, 11) is 1.73. The first-order valence-electron chi connectivity index (χ1n) is 6.07. The zero-order chi connectivity index (χ0) is 11.3. The highest BCUT2D eigenvalue weighted by Crippen LogP contribution is 2.17. The number of likely N-dealkylation sites (tertiary alicyclic amines) is 1. The molecule has 0 aromatic rings. The van der Waals surface area contributed by atoms with Crippen LogP contribution in [-0.2, 0) is 4.79 Å². The van der Waals surface area contributed by atoms with Crippen molar-refractivity contribution in [3.05, 3.63) is 0 Å². The molecule has 1 saturated heterocycles. The fourth-order valence-electron chi connectivity index (χ4n) is 2.06. The van der Waals surface area contributed by atoms with Crippen LogP contribution in [0.3, 0.4) is 0 Å². The van der Waals surface area contributed by atoms with Gasteiger partial charge in [-0.2, -0.15) is 0 Å². The molecule has 3 nitrogen and oxygen atoms in total. The lowest BCUT2D eigenvalue weighted by atomic mass is 9.95. The molecule has 0 atom stereocenters. The van der Waals surface area contributed by atoms with Crippen LogP contribution in [0.15, 0.2) is 0 Å². The van der Waals surface area contributed by atoms with E-state index in [0.717, 1.165) is 31.8 Å². The number of hydrogen-bond acceptors (Lipinski definition) is 2. The molecule has 0 aromatic heterocycles. The van der Waals surface area contributed by atoms with Gasteiger partial charge in [0.15, 0.2) is 0 Å². The number of nitrogens with one attached hydrogen (secondary N) is 1. The van der Waals surface area contributed by atoms with E-state index in [1.165, 1.54) is 13.0 Å². The quantitative estimate of drug-likeness (QED) is 0.766. The first kappa shape index (κ1) is 12.5. The highest BCUT2D eigenvalue weighted by molar-refractivity contribution is 5.78. The molecule has 1 aliphatic heterocycles. The van der Waals surface area contributed by atoms with Gasteiger partial charge in [0, 0.05) is 13.0 Å². The minimum absolute atomic E-state index is 0.221. The van der Waals surface area contributed by atoms with Crippen molar-refractivity contribution in [2.45, 2.75) is 33.1 Å². The molecule has 88 valence electrons. The first-order valence-corrected chi connectivity index (χ1v) is 6.07. The molecule has 0 aliphatic carbocycles. The van der Waals surface area contributed by atoms with Crippen molar-refractivity contribution in [3.63, 3.8) is 0 Å². The fraction of sp³-hybridized carbons (Fsp3) is 0.917. The maximum Gasteiger partial charge on any atom is 0.222 e. The van der Waals surface area contributed by atoms with E-state index in [2.05, 4.69) is 24.1 Å². The summed E-state index contributed by atoms with van der Waals surface area (Å²) < 4.78 is 0. The normalized spacial score (nSPS) is 19.5. The fourth-order valence-corrected chi connectivity index (χ4v) is 2.06. The van der Waals surface area contributed by atoms with Gasteiger partial charge in [-0.15, -0.1) is 0 Å². The topological polar surface area (TPSA) is 32.3 Å². The molecule has 1 fully saturated rings. The molecule has 0 bridgehead atoms. The van der Waals surface area contributed by atoms with Crippen molar-refractivity contribution in [1.82, 2.24) is 10.2 Å². The lowest BCUT2D eigenvalue weighted by Crippen LogP contribution is -2.40. The van der Waals surface area contributed by atoms with Crippen molar-refractivity contribution in [3.8, 4) is 0 Å². The van der Waals surface area contributed by atoms with Crippen molar-refractivity contribution in [2.75, 3.05) is 26.7 Å².